The number of carbonyl (C=O) groups excluding carboxylic acids is 1. The molecule has 8 heteroatoms. The first-order chi connectivity index (χ1) is 9.16. The van der Waals surface area contributed by atoms with Crippen molar-refractivity contribution in [1.29, 1.82) is 0 Å². The highest BCUT2D eigenvalue weighted by atomic mass is 19.4. The van der Waals surface area contributed by atoms with Crippen LogP contribution < -0.4 is 10.6 Å². The fourth-order valence-electron chi connectivity index (χ4n) is 1.37. The van der Waals surface area contributed by atoms with E-state index in [0.717, 1.165) is 6.07 Å². The van der Waals surface area contributed by atoms with Gasteiger partial charge in [0, 0.05) is 13.1 Å². The Balaban J connectivity index is 2.64. The average molecular weight is 290 g/mol. The summed E-state index contributed by atoms with van der Waals surface area (Å²) in [5, 5.41) is 12.0. The second kappa shape index (κ2) is 6.06. The lowest BCUT2D eigenvalue weighted by Gasteiger charge is -2.23. The van der Waals surface area contributed by atoms with E-state index in [2.05, 4.69) is 20.8 Å². The molecule has 0 aliphatic heterocycles. The molecule has 0 bridgehead atoms. The number of amides is 1. The molecule has 1 aromatic rings. The maximum absolute atomic E-state index is 12.3. The lowest BCUT2D eigenvalue weighted by molar-refractivity contribution is -0.141. The molecule has 0 fully saturated rings. The van der Waals surface area contributed by atoms with Crippen molar-refractivity contribution in [3.8, 4) is 0 Å². The van der Waals surface area contributed by atoms with Gasteiger partial charge in [-0.05, 0) is 32.9 Å². The van der Waals surface area contributed by atoms with Crippen LogP contribution in [0.2, 0.25) is 0 Å². The summed E-state index contributed by atoms with van der Waals surface area (Å²) in [6.07, 6.45) is -4.51. The Hall–Kier alpha value is -1.86. The Morgan fingerprint density at radius 1 is 1.25 bits per heavy atom. The third-order valence-electron chi connectivity index (χ3n) is 2.62. The zero-order valence-electron chi connectivity index (χ0n) is 11.5. The normalized spacial score (nSPS) is 12.1. The summed E-state index contributed by atoms with van der Waals surface area (Å²) < 4.78 is 36.9. The lowest BCUT2D eigenvalue weighted by Crippen LogP contribution is -2.41. The predicted octanol–water partition coefficient (Wildman–Crippen LogP) is 2.07. The Bertz CT molecular complexity index is 457. The largest absolute Gasteiger partial charge is 0.435 e. The number of hydrogen-bond donors (Lipinski definition) is 2. The average Bonchev–Trinajstić information content (AvgIpc) is 2.36. The molecular formula is C12H17F3N4O. The minimum atomic E-state index is -4.51. The molecule has 0 aromatic carbocycles. The monoisotopic (exact) mass is 290 g/mol. The summed E-state index contributed by atoms with van der Waals surface area (Å²) in [7, 11) is 0. The number of alkyl halides is 3. The minimum Gasteiger partial charge on any atom is -0.368 e. The van der Waals surface area contributed by atoms with E-state index in [1.807, 2.05) is 6.92 Å². The molecule has 0 radical (unpaired) electrons. The smallest absolute Gasteiger partial charge is 0.368 e. The van der Waals surface area contributed by atoms with Gasteiger partial charge >= 0.3 is 6.18 Å². The number of nitrogens with zero attached hydrogens (tertiary/aromatic N) is 2. The lowest BCUT2D eigenvalue weighted by atomic mass is 9.92. The standard InChI is InChI=1S/C12H17F3N4O/c1-4-16-10(20)11(2,3)7-17-9-6-5-8(18-19-9)12(13,14)15/h5-6H,4,7H2,1-3H3,(H,16,20)(H,17,19). The highest BCUT2D eigenvalue weighted by molar-refractivity contribution is 5.82. The van der Waals surface area contributed by atoms with Gasteiger partial charge in [0.05, 0.1) is 5.41 Å². The molecule has 0 aliphatic carbocycles. The van der Waals surface area contributed by atoms with Crippen molar-refractivity contribution in [3.05, 3.63) is 17.8 Å². The Morgan fingerprint density at radius 2 is 1.90 bits per heavy atom. The van der Waals surface area contributed by atoms with E-state index in [1.165, 1.54) is 6.07 Å². The molecule has 0 saturated carbocycles. The second-order valence-electron chi connectivity index (χ2n) is 4.90. The van der Waals surface area contributed by atoms with Gasteiger partial charge in [-0.3, -0.25) is 4.79 Å². The molecule has 0 unspecified atom stereocenters. The zero-order chi connectivity index (χ0) is 15.4. The van der Waals surface area contributed by atoms with Crippen molar-refractivity contribution < 1.29 is 18.0 Å². The number of nitrogens with one attached hydrogen (secondary N) is 2. The van der Waals surface area contributed by atoms with E-state index in [0.29, 0.717) is 6.54 Å². The number of hydrogen-bond acceptors (Lipinski definition) is 4. The Kier molecular flexibility index (Phi) is 4.91. The first kappa shape index (κ1) is 16.2. The summed E-state index contributed by atoms with van der Waals surface area (Å²) in [4.78, 5) is 11.7. The summed E-state index contributed by atoms with van der Waals surface area (Å²) in [5.41, 5.74) is -1.76. The number of rotatable bonds is 5. The van der Waals surface area contributed by atoms with Crippen molar-refractivity contribution in [2.24, 2.45) is 5.41 Å². The molecule has 0 atom stereocenters. The van der Waals surface area contributed by atoms with Crippen molar-refractivity contribution in [2.75, 3.05) is 18.4 Å². The maximum atomic E-state index is 12.3. The van der Waals surface area contributed by atoms with E-state index >= 15 is 0 Å². The van der Waals surface area contributed by atoms with Gasteiger partial charge in [-0.15, -0.1) is 10.2 Å². The van der Waals surface area contributed by atoms with Gasteiger partial charge in [-0.2, -0.15) is 13.2 Å². The third-order valence-corrected chi connectivity index (χ3v) is 2.62. The van der Waals surface area contributed by atoms with Gasteiger partial charge in [0.15, 0.2) is 5.69 Å². The number of carbonyl (C=O) groups is 1. The van der Waals surface area contributed by atoms with Crippen LogP contribution in [0, 0.1) is 5.41 Å². The first-order valence-corrected chi connectivity index (χ1v) is 6.10. The van der Waals surface area contributed by atoms with Gasteiger partial charge in [0.2, 0.25) is 5.91 Å². The highest BCUT2D eigenvalue weighted by Gasteiger charge is 2.33. The fourth-order valence-corrected chi connectivity index (χ4v) is 1.37. The number of halogens is 3. The van der Waals surface area contributed by atoms with E-state index in [4.69, 9.17) is 0 Å². The van der Waals surface area contributed by atoms with E-state index in [1.54, 1.807) is 13.8 Å². The molecule has 1 aromatic heterocycles. The molecule has 1 rings (SSSR count). The first-order valence-electron chi connectivity index (χ1n) is 6.10. The molecule has 2 N–H and O–H groups in total. The SMILES string of the molecule is CCNC(=O)C(C)(C)CNc1ccc(C(F)(F)F)nn1. The Labute approximate surface area is 115 Å². The summed E-state index contributed by atoms with van der Waals surface area (Å²) in [6.45, 7) is 6.01. The van der Waals surface area contributed by atoms with Crippen LogP contribution in [0.1, 0.15) is 26.5 Å². The second-order valence-corrected chi connectivity index (χ2v) is 4.90. The van der Waals surface area contributed by atoms with Crippen LogP contribution in [0.3, 0.4) is 0 Å². The van der Waals surface area contributed by atoms with Gasteiger partial charge in [-0.25, -0.2) is 0 Å². The van der Waals surface area contributed by atoms with Gasteiger partial charge in [0.1, 0.15) is 5.82 Å². The third kappa shape index (κ3) is 4.36. The van der Waals surface area contributed by atoms with Gasteiger partial charge in [-0.1, -0.05) is 0 Å². The zero-order valence-corrected chi connectivity index (χ0v) is 11.5. The Morgan fingerprint density at radius 3 is 2.35 bits per heavy atom. The number of aromatic nitrogens is 2. The van der Waals surface area contributed by atoms with E-state index in [9.17, 15) is 18.0 Å². The molecule has 0 spiro atoms. The van der Waals surface area contributed by atoms with Crippen molar-refractivity contribution in [2.45, 2.75) is 26.9 Å². The van der Waals surface area contributed by atoms with E-state index in [-0.39, 0.29) is 18.3 Å². The van der Waals surface area contributed by atoms with Crippen molar-refractivity contribution in [3.63, 3.8) is 0 Å². The minimum absolute atomic E-state index is 0.146. The van der Waals surface area contributed by atoms with Crippen LogP contribution in [0.25, 0.3) is 0 Å². The number of anilines is 1. The van der Waals surface area contributed by atoms with Crippen molar-refractivity contribution in [1.82, 2.24) is 15.5 Å². The molecule has 1 heterocycles. The fraction of sp³-hybridized carbons (Fsp3) is 0.583. The van der Waals surface area contributed by atoms with Crippen LogP contribution >= 0.6 is 0 Å². The van der Waals surface area contributed by atoms with E-state index < -0.39 is 17.3 Å². The van der Waals surface area contributed by atoms with Crippen LogP contribution in [-0.4, -0.2) is 29.2 Å². The summed E-state index contributed by atoms with van der Waals surface area (Å²) >= 11 is 0. The molecule has 5 nitrogen and oxygen atoms in total. The molecule has 0 aliphatic rings. The topological polar surface area (TPSA) is 66.9 Å². The highest BCUT2D eigenvalue weighted by Crippen LogP contribution is 2.27. The molecule has 20 heavy (non-hydrogen) atoms. The maximum Gasteiger partial charge on any atom is 0.435 e. The molecule has 112 valence electrons. The molecule has 1 amide bonds. The van der Waals surface area contributed by atoms with Gasteiger partial charge in [0.25, 0.3) is 0 Å². The van der Waals surface area contributed by atoms with Crippen LogP contribution in [0.4, 0.5) is 19.0 Å². The molecule has 0 saturated heterocycles. The summed E-state index contributed by atoms with van der Waals surface area (Å²) in [6, 6.07) is 2.03. The van der Waals surface area contributed by atoms with Crippen LogP contribution in [0.15, 0.2) is 12.1 Å². The van der Waals surface area contributed by atoms with Crippen LogP contribution in [0.5, 0.6) is 0 Å². The van der Waals surface area contributed by atoms with Crippen molar-refractivity contribution >= 4 is 11.7 Å². The quantitative estimate of drug-likeness (QED) is 0.871. The molecular weight excluding hydrogens is 273 g/mol. The summed E-state index contributed by atoms with van der Waals surface area (Å²) in [5.74, 6) is 0.0442. The van der Waals surface area contributed by atoms with Gasteiger partial charge < -0.3 is 10.6 Å². The van der Waals surface area contributed by atoms with Crippen LogP contribution in [-0.2, 0) is 11.0 Å². The predicted molar refractivity (Wildman–Crippen MR) is 68.0 cm³/mol.